The van der Waals surface area contributed by atoms with E-state index in [1.54, 1.807) is 85.7 Å². The van der Waals surface area contributed by atoms with Gasteiger partial charge in [0.25, 0.3) is 0 Å². The second kappa shape index (κ2) is 13.6. The summed E-state index contributed by atoms with van der Waals surface area (Å²) in [6.45, 7) is 1.62. The Bertz CT molecular complexity index is 1190. The second-order valence-electron chi connectivity index (χ2n) is 9.01. The molecule has 0 bridgehead atoms. The molecular weight excluding hydrogens is 493 g/mol. The average Bonchev–Trinajstić information content (AvgIpc) is 2.89. The van der Waals surface area contributed by atoms with Crippen molar-refractivity contribution in [2.24, 2.45) is 0 Å². The molecule has 0 aliphatic carbocycles. The fraction of sp³-hybridized carbons (Fsp3) is 0.310. The molecule has 3 aromatic rings. The zero-order valence-corrected chi connectivity index (χ0v) is 21.6. The Morgan fingerprint density at radius 1 is 0.947 bits per heavy atom. The van der Waals surface area contributed by atoms with Gasteiger partial charge in [0.2, 0.25) is 11.8 Å². The Morgan fingerprint density at radius 2 is 1.63 bits per heavy atom. The normalized spacial score (nSPS) is 12.1. The number of ether oxygens (including phenoxy) is 1. The Labute approximate surface area is 221 Å². The van der Waals surface area contributed by atoms with Crippen molar-refractivity contribution in [3.05, 3.63) is 89.6 Å². The lowest BCUT2D eigenvalue weighted by molar-refractivity contribution is -0.128. The molecule has 2 aromatic carbocycles. The highest BCUT2D eigenvalue weighted by Crippen LogP contribution is 2.39. The Balaban J connectivity index is 1.78. The number of rotatable bonds is 12. The van der Waals surface area contributed by atoms with E-state index in [-0.39, 0.29) is 11.5 Å². The molecule has 0 atom stereocenters. The fourth-order valence-electron chi connectivity index (χ4n) is 3.89. The van der Waals surface area contributed by atoms with Gasteiger partial charge in [-0.15, -0.1) is 0 Å². The summed E-state index contributed by atoms with van der Waals surface area (Å²) in [7, 11) is 3.46. The van der Waals surface area contributed by atoms with Crippen LogP contribution in [0.25, 0.3) is 11.1 Å². The monoisotopic (exact) mass is 526 g/mol. The van der Waals surface area contributed by atoms with Crippen LogP contribution in [-0.4, -0.2) is 55.8 Å². The molecule has 9 heteroatoms. The number of hydrogen-bond donors (Lipinski definition) is 2. The third-order valence-electron chi connectivity index (χ3n) is 5.80. The molecule has 3 N–H and O–H groups in total. The summed E-state index contributed by atoms with van der Waals surface area (Å²) in [5.41, 5.74) is 8.56. The Hall–Kier alpha value is -3.85. The number of nitrogens with zero attached hydrogens (tertiary/aromatic N) is 2. The number of hydrogen-bond acceptors (Lipinski definition) is 5. The maximum Gasteiger partial charge on any atom is 0.393 e. The van der Waals surface area contributed by atoms with Crippen LogP contribution in [0, 0.1) is 0 Å². The lowest BCUT2D eigenvalue weighted by atomic mass is 9.88. The second-order valence-corrected chi connectivity index (χ2v) is 9.01. The fourth-order valence-corrected chi connectivity index (χ4v) is 3.89. The number of amides is 1. The molecule has 3 rings (SSSR count). The van der Waals surface area contributed by atoms with Crippen molar-refractivity contribution < 1.29 is 22.7 Å². The summed E-state index contributed by atoms with van der Waals surface area (Å²) in [4.78, 5) is 17.5. The van der Waals surface area contributed by atoms with Crippen molar-refractivity contribution in [3.8, 4) is 5.88 Å². The van der Waals surface area contributed by atoms with Crippen LogP contribution in [0.3, 0.4) is 0 Å². The van der Waals surface area contributed by atoms with E-state index < -0.39 is 12.6 Å². The summed E-state index contributed by atoms with van der Waals surface area (Å²) in [5.74, 6) is 0.456. The lowest BCUT2D eigenvalue weighted by Crippen LogP contribution is -2.25. The molecule has 1 aromatic heterocycles. The van der Waals surface area contributed by atoms with Crippen LogP contribution < -0.4 is 15.8 Å². The van der Waals surface area contributed by atoms with Gasteiger partial charge in [-0.1, -0.05) is 42.5 Å². The molecule has 0 radical (unpaired) electrons. The first-order valence-electron chi connectivity index (χ1n) is 12.4. The number of alkyl halides is 3. The smallest absolute Gasteiger partial charge is 0.393 e. The number of anilines is 1. The van der Waals surface area contributed by atoms with E-state index in [2.05, 4.69) is 10.3 Å². The van der Waals surface area contributed by atoms with Gasteiger partial charge in [0.1, 0.15) is 6.61 Å². The highest BCUT2D eigenvalue weighted by Gasteiger charge is 2.31. The van der Waals surface area contributed by atoms with Crippen LogP contribution in [0.2, 0.25) is 0 Å². The highest BCUT2D eigenvalue weighted by atomic mass is 19.4. The minimum absolute atomic E-state index is 0.0883. The number of nitrogens with one attached hydrogen (secondary N) is 1. The van der Waals surface area contributed by atoms with Gasteiger partial charge in [0.15, 0.2) is 0 Å². The zero-order valence-electron chi connectivity index (χ0n) is 21.6. The number of halogens is 3. The van der Waals surface area contributed by atoms with Crippen LogP contribution in [0.1, 0.15) is 36.0 Å². The number of allylic oxidation sites excluding steroid dienone is 1. The highest BCUT2D eigenvalue weighted by molar-refractivity contribution is 5.98. The van der Waals surface area contributed by atoms with Gasteiger partial charge in [-0.25, -0.2) is 4.98 Å². The summed E-state index contributed by atoms with van der Waals surface area (Å²) in [5, 5.41) is 3.21. The van der Waals surface area contributed by atoms with Crippen LogP contribution in [0.15, 0.2) is 72.9 Å². The van der Waals surface area contributed by atoms with E-state index in [0.717, 1.165) is 6.42 Å². The minimum atomic E-state index is -4.41. The average molecular weight is 527 g/mol. The molecule has 1 amide bonds. The molecule has 38 heavy (non-hydrogen) atoms. The van der Waals surface area contributed by atoms with Crippen molar-refractivity contribution in [1.29, 1.82) is 0 Å². The third kappa shape index (κ3) is 8.92. The molecule has 0 spiro atoms. The maximum atomic E-state index is 13.7. The first kappa shape index (κ1) is 28.7. The van der Waals surface area contributed by atoms with Crippen LogP contribution in [0.5, 0.6) is 5.88 Å². The molecule has 0 saturated carbocycles. The first-order chi connectivity index (χ1) is 18.1. The van der Waals surface area contributed by atoms with E-state index in [4.69, 9.17) is 10.5 Å². The summed E-state index contributed by atoms with van der Waals surface area (Å²) in [6, 6.07) is 18.7. The van der Waals surface area contributed by atoms with Crippen molar-refractivity contribution in [1.82, 2.24) is 15.2 Å². The molecule has 0 fully saturated rings. The lowest BCUT2D eigenvalue weighted by Gasteiger charge is -2.19. The molecular formula is C29H33F3N4O2. The zero-order chi connectivity index (χ0) is 27.5. The van der Waals surface area contributed by atoms with Crippen LogP contribution in [0.4, 0.5) is 18.9 Å². The van der Waals surface area contributed by atoms with Gasteiger partial charge in [-0.05, 0) is 53.4 Å². The van der Waals surface area contributed by atoms with Gasteiger partial charge in [0.05, 0.1) is 6.42 Å². The molecule has 1 heterocycles. The van der Waals surface area contributed by atoms with E-state index in [1.807, 2.05) is 0 Å². The molecule has 0 unspecified atom stereocenters. The van der Waals surface area contributed by atoms with Crippen molar-refractivity contribution in [2.75, 3.05) is 39.5 Å². The summed E-state index contributed by atoms with van der Waals surface area (Å²) < 4.78 is 46.9. The molecule has 0 aliphatic rings. The quantitative estimate of drug-likeness (QED) is 0.187. The van der Waals surface area contributed by atoms with E-state index in [9.17, 15) is 18.0 Å². The van der Waals surface area contributed by atoms with Crippen molar-refractivity contribution in [2.45, 2.75) is 25.4 Å². The minimum Gasteiger partial charge on any atom is -0.476 e. The van der Waals surface area contributed by atoms with Crippen molar-refractivity contribution in [3.63, 3.8) is 0 Å². The van der Waals surface area contributed by atoms with E-state index in [0.29, 0.717) is 59.9 Å². The first-order valence-corrected chi connectivity index (χ1v) is 12.4. The summed E-state index contributed by atoms with van der Waals surface area (Å²) >= 11 is 0. The number of carbonyl (C=O) groups is 1. The van der Waals surface area contributed by atoms with Crippen LogP contribution in [-0.2, 0) is 4.79 Å². The molecule has 0 aliphatic heterocycles. The third-order valence-corrected chi connectivity index (χ3v) is 5.80. The number of nitrogens with two attached hydrogens (primary N) is 1. The standard InChI is InChI=1S/C29H33F3N4O2/c1-36(2)27(37)9-6-16-34-17-18-38-26-15-12-23(20-35-26)28(22-10-13-24(33)14-11-22)25(19-29(30,31)32)21-7-4-3-5-8-21/h3-5,7-8,10-15,20,34H,6,9,16-19,33H2,1-2H3/b28-25-. The largest absolute Gasteiger partial charge is 0.476 e. The maximum absolute atomic E-state index is 13.7. The van der Waals surface area contributed by atoms with E-state index >= 15 is 0 Å². The van der Waals surface area contributed by atoms with E-state index in [1.165, 1.54) is 6.20 Å². The molecule has 6 nitrogen and oxygen atoms in total. The predicted molar refractivity (Wildman–Crippen MR) is 144 cm³/mol. The van der Waals surface area contributed by atoms with Gasteiger partial charge in [0, 0.05) is 50.6 Å². The molecule has 0 saturated heterocycles. The Kier molecular flexibility index (Phi) is 10.3. The predicted octanol–water partition coefficient (Wildman–Crippen LogP) is 5.41. The van der Waals surface area contributed by atoms with Gasteiger partial charge >= 0.3 is 6.18 Å². The number of pyridine rings is 1. The SMILES string of the molecule is CN(C)C(=O)CCCNCCOc1ccc(/C(=C(/CC(F)(F)F)c2ccccc2)c2ccc(N)cc2)cn1. The van der Waals surface area contributed by atoms with Crippen molar-refractivity contribution >= 4 is 22.7 Å². The molecule has 202 valence electrons. The number of benzene rings is 2. The summed E-state index contributed by atoms with van der Waals surface area (Å²) in [6.07, 6.45) is -2.77. The number of carbonyl (C=O) groups excluding carboxylic acids is 1. The van der Waals surface area contributed by atoms with Gasteiger partial charge < -0.3 is 20.7 Å². The van der Waals surface area contributed by atoms with Gasteiger partial charge in [-0.2, -0.15) is 13.2 Å². The number of nitrogen functional groups attached to an aromatic ring is 1. The topological polar surface area (TPSA) is 80.5 Å². The Morgan fingerprint density at radius 3 is 2.24 bits per heavy atom. The van der Waals surface area contributed by atoms with Crippen LogP contribution >= 0.6 is 0 Å². The van der Waals surface area contributed by atoms with Gasteiger partial charge in [-0.3, -0.25) is 4.79 Å². The number of aromatic nitrogens is 1.